The van der Waals surface area contributed by atoms with Gasteiger partial charge in [-0.25, -0.2) is 14.3 Å². The number of para-hydroxylation sites is 1. The number of carboxylic acids is 1. The van der Waals surface area contributed by atoms with Gasteiger partial charge in [0.15, 0.2) is 12.4 Å². The molecule has 2 atom stereocenters. The molecule has 2 aromatic heterocycles. The molecule has 0 radical (unpaired) electrons. The number of benzene rings is 2. The van der Waals surface area contributed by atoms with Crippen LogP contribution in [0, 0.1) is 6.92 Å². The van der Waals surface area contributed by atoms with Crippen LogP contribution in [0.1, 0.15) is 63.7 Å². The Morgan fingerprint density at radius 1 is 1.10 bits per heavy atom. The van der Waals surface area contributed by atoms with E-state index < -0.39 is 17.9 Å². The number of carbonyl (C=O) groups is 3. The predicted molar refractivity (Wildman–Crippen MR) is 158 cm³/mol. The van der Waals surface area contributed by atoms with Gasteiger partial charge in [0.25, 0.3) is 0 Å². The Bertz CT molecular complexity index is 1700. The molecule has 1 aliphatic carbocycles. The predicted octanol–water partition coefficient (Wildman–Crippen LogP) is 5.84. The van der Waals surface area contributed by atoms with Gasteiger partial charge >= 0.3 is 11.9 Å². The monoisotopic (exact) mass is 583 g/mol. The number of hydrogen-bond donors (Lipinski definition) is 2. The summed E-state index contributed by atoms with van der Waals surface area (Å²) in [5.74, 6) is -0.649. The molecule has 1 aliphatic heterocycles. The number of allylic oxidation sites excluding steroid dienone is 2. The van der Waals surface area contributed by atoms with Crippen LogP contribution in [0.25, 0.3) is 5.69 Å². The standard InChI is InChI=1S/C32H29N3O6S/c1-3-40-27(37)17-41-21-12-10-19(11-13-21)29-28-18(2)34-35(24-8-5-4-7-22(24)32(38)39)31(28)33-23-15-20(16-25(36)30(23)29)26-9-6-14-42-26/h4-14,20,29,33H,3,15-17H2,1-2H3,(H,38,39)/t20-,29+/m1/s1. The summed E-state index contributed by atoms with van der Waals surface area (Å²) in [6.07, 6.45) is 1.05. The van der Waals surface area contributed by atoms with Crippen LogP contribution < -0.4 is 10.1 Å². The SMILES string of the molecule is CCOC(=O)COc1ccc([C@@H]2C3=C(C[C@@H](c4cccs4)CC3=O)Nc3c2c(C)nn3-c2ccccc2C(=O)O)cc1. The summed E-state index contributed by atoms with van der Waals surface area (Å²) in [4.78, 5) is 38.9. The molecule has 6 rings (SSSR count). The van der Waals surface area contributed by atoms with Crippen LogP contribution in [-0.2, 0) is 14.3 Å². The third-order valence-corrected chi connectivity index (χ3v) is 8.68. The molecule has 2 aromatic carbocycles. The summed E-state index contributed by atoms with van der Waals surface area (Å²) in [6.45, 7) is 3.69. The van der Waals surface area contributed by atoms with E-state index in [4.69, 9.17) is 14.6 Å². The maximum atomic E-state index is 13.9. The molecule has 9 nitrogen and oxygen atoms in total. The number of nitrogens with one attached hydrogen (secondary N) is 1. The number of aryl methyl sites for hydroxylation is 1. The van der Waals surface area contributed by atoms with E-state index in [0.29, 0.717) is 41.4 Å². The van der Waals surface area contributed by atoms with Crippen molar-refractivity contribution in [2.45, 2.75) is 38.5 Å². The molecule has 4 aromatic rings. The van der Waals surface area contributed by atoms with Gasteiger partial charge < -0.3 is 19.9 Å². The van der Waals surface area contributed by atoms with E-state index in [0.717, 1.165) is 21.7 Å². The minimum Gasteiger partial charge on any atom is -0.482 e. The summed E-state index contributed by atoms with van der Waals surface area (Å²) in [6, 6.07) is 18.1. The lowest BCUT2D eigenvalue weighted by atomic mass is 9.73. The molecule has 2 N–H and O–H groups in total. The normalized spacial score (nSPS) is 17.7. The second-order valence-electron chi connectivity index (χ2n) is 10.2. The van der Waals surface area contributed by atoms with Crippen LogP contribution in [0.5, 0.6) is 5.75 Å². The van der Waals surface area contributed by atoms with Crippen LogP contribution in [0.4, 0.5) is 5.82 Å². The third kappa shape index (κ3) is 4.98. The lowest BCUT2D eigenvalue weighted by Crippen LogP contribution is -2.30. The number of carboxylic acid groups (broad SMARTS) is 1. The Morgan fingerprint density at radius 2 is 1.88 bits per heavy atom. The van der Waals surface area contributed by atoms with Crippen molar-refractivity contribution < 1.29 is 29.0 Å². The molecule has 42 heavy (non-hydrogen) atoms. The van der Waals surface area contributed by atoms with Gasteiger partial charge in [-0.2, -0.15) is 5.10 Å². The minimum atomic E-state index is -1.05. The molecule has 2 aliphatic rings. The fourth-order valence-corrected chi connectivity index (χ4v) is 6.68. The number of fused-ring (bicyclic) bond motifs is 1. The van der Waals surface area contributed by atoms with Crippen molar-refractivity contribution in [3.8, 4) is 11.4 Å². The zero-order valence-corrected chi connectivity index (χ0v) is 23.9. The lowest BCUT2D eigenvalue weighted by Gasteiger charge is -2.35. The van der Waals surface area contributed by atoms with Gasteiger partial charge in [0.05, 0.1) is 23.6 Å². The highest BCUT2D eigenvalue weighted by molar-refractivity contribution is 7.10. The summed E-state index contributed by atoms with van der Waals surface area (Å²) in [5, 5.41) is 20.3. The number of ketones is 1. The molecule has 0 amide bonds. The van der Waals surface area contributed by atoms with Crippen molar-refractivity contribution >= 4 is 34.9 Å². The smallest absolute Gasteiger partial charge is 0.344 e. The molecular formula is C32H29N3O6S. The number of nitrogens with zero attached hydrogens (tertiary/aromatic N) is 2. The van der Waals surface area contributed by atoms with E-state index >= 15 is 0 Å². The summed E-state index contributed by atoms with van der Waals surface area (Å²) >= 11 is 1.64. The van der Waals surface area contributed by atoms with Crippen LogP contribution in [0.2, 0.25) is 0 Å². The average molecular weight is 584 g/mol. The number of ether oxygens (including phenoxy) is 2. The second kappa shape index (κ2) is 11.3. The topological polar surface area (TPSA) is 120 Å². The summed E-state index contributed by atoms with van der Waals surface area (Å²) in [5.41, 5.74) is 4.45. The number of rotatable bonds is 8. The van der Waals surface area contributed by atoms with Crippen LogP contribution in [-0.4, -0.2) is 45.8 Å². The molecule has 0 saturated heterocycles. The Morgan fingerprint density at radius 3 is 2.60 bits per heavy atom. The van der Waals surface area contributed by atoms with Crippen molar-refractivity contribution in [3.05, 3.63) is 105 Å². The van der Waals surface area contributed by atoms with Gasteiger partial charge in [0.2, 0.25) is 0 Å². The van der Waals surface area contributed by atoms with E-state index in [1.807, 2.05) is 30.5 Å². The first-order chi connectivity index (χ1) is 20.4. The number of hydrogen-bond acceptors (Lipinski definition) is 8. The van der Waals surface area contributed by atoms with E-state index in [1.54, 1.807) is 59.3 Å². The van der Waals surface area contributed by atoms with Crippen molar-refractivity contribution in [1.29, 1.82) is 0 Å². The maximum absolute atomic E-state index is 13.9. The van der Waals surface area contributed by atoms with Gasteiger partial charge in [-0.1, -0.05) is 30.3 Å². The van der Waals surface area contributed by atoms with E-state index in [9.17, 15) is 19.5 Å². The number of carbonyl (C=O) groups excluding carboxylic acids is 2. The van der Waals surface area contributed by atoms with Crippen LogP contribution >= 0.6 is 11.3 Å². The van der Waals surface area contributed by atoms with Crippen molar-refractivity contribution in [1.82, 2.24) is 9.78 Å². The van der Waals surface area contributed by atoms with Gasteiger partial charge in [0, 0.05) is 40.0 Å². The zero-order valence-electron chi connectivity index (χ0n) is 23.1. The molecule has 0 saturated carbocycles. The van der Waals surface area contributed by atoms with Gasteiger partial charge in [-0.3, -0.25) is 4.79 Å². The minimum absolute atomic E-state index is 0.0494. The molecule has 0 bridgehead atoms. The van der Waals surface area contributed by atoms with Crippen LogP contribution in [0.3, 0.4) is 0 Å². The largest absolute Gasteiger partial charge is 0.482 e. The first kappa shape index (κ1) is 27.5. The highest BCUT2D eigenvalue weighted by atomic mass is 32.1. The molecule has 3 heterocycles. The molecule has 0 unspecified atom stereocenters. The number of thiophene rings is 1. The number of aromatic carboxylic acids is 1. The molecule has 214 valence electrons. The van der Waals surface area contributed by atoms with Crippen molar-refractivity contribution in [3.63, 3.8) is 0 Å². The van der Waals surface area contributed by atoms with E-state index in [-0.39, 0.29) is 30.5 Å². The maximum Gasteiger partial charge on any atom is 0.344 e. The highest BCUT2D eigenvalue weighted by Crippen LogP contribution is 2.50. The first-order valence-electron chi connectivity index (χ1n) is 13.7. The summed E-state index contributed by atoms with van der Waals surface area (Å²) < 4.78 is 12.2. The Labute approximate surface area is 246 Å². The van der Waals surface area contributed by atoms with Gasteiger partial charge in [-0.05, 0) is 61.5 Å². The number of Topliss-reactive ketones (excluding diaryl/α,β-unsaturated/α-hetero) is 1. The lowest BCUT2D eigenvalue weighted by molar-refractivity contribution is -0.145. The second-order valence-corrected chi connectivity index (χ2v) is 11.2. The third-order valence-electron chi connectivity index (χ3n) is 7.64. The van der Waals surface area contributed by atoms with Crippen molar-refractivity contribution in [2.24, 2.45) is 0 Å². The van der Waals surface area contributed by atoms with Crippen LogP contribution in [0.15, 0.2) is 77.3 Å². The Balaban J connectivity index is 1.45. The Kier molecular flexibility index (Phi) is 7.38. The number of aromatic nitrogens is 2. The fraction of sp³-hybridized carbons (Fsp3) is 0.250. The quantitative estimate of drug-likeness (QED) is 0.248. The highest BCUT2D eigenvalue weighted by Gasteiger charge is 2.41. The molecule has 10 heteroatoms. The Hall–Kier alpha value is -4.70. The fourth-order valence-electron chi connectivity index (χ4n) is 5.85. The molecule has 0 fully saturated rings. The first-order valence-corrected chi connectivity index (χ1v) is 14.6. The van der Waals surface area contributed by atoms with E-state index in [1.165, 1.54) is 0 Å². The van der Waals surface area contributed by atoms with Gasteiger partial charge in [-0.15, -0.1) is 11.3 Å². The number of anilines is 1. The molecule has 0 spiro atoms. The zero-order chi connectivity index (χ0) is 29.4. The van der Waals surface area contributed by atoms with Crippen molar-refractivity contribution in [2.75, 3.05) is 18.5 Å². The summed E-state index contributed by atoms with van der Waals surface area (Å²) in [7, 11) is 0. The average Bonchev–Trinajstić information content (AvgIpc) is 3.64. The van der Waals surface area contributed by atoms with Gasteiger partial charge in [0.1, 0.15) is 11.6 Å². The molecular weight excluding hydrogens is 554 g/mol. The van der Waals surface area contributed by atoms with E-state index in [2.05, 4.69) is 11.4 Å². The number of esters is 1.